The van der Waals surface area contributed by atoms with Crippen LogP contribution in [0.3, 0.4) is 0 Å². The Morgan fingerprint density at radius 2 is 1.84 bits per heavy atom. The van der Waals surface area contributed by atoms with Crippen molar-refractivity contribution in [2.24, 2.45) is 0 Å². The number of amides is 1. The van der Waals surface area contributed by atoms with E-state index >= 15 is 0 Å². The van der Waals surface area contributed by atoms with Crippen LogP contribution in [0.5, 0.6) is 0 Å². The van der Waals surface area contributed by atoms with Crippen LogP contribution < -0.4 is 5.32 Å². The summed E-state index contributed by atoms with van der Waals surface area (Å²) < 4.78 is 1.80. The molecule has 8 nitrogen and oxygen atoms in total. The summed E-state index contributed by atoms with van der Waals surface area (Å²) in [6.45, 7) is 8.61. The Labute approximate surface area is 220 Å². The minimum atomic E-state index is -0.300. The number of fused-ring (bicyclic) bond motifs is 3. The summed E-state index contributed by atoms with van der Waals surface area (Å²) in [7, 11) is 0. The summed E-state index contributed by atoms with van der Waals surface area (Å²) in [6, 6.07) is 16.1. The molecule has 9 heteroatoms. The molecule has 0 saturated heterocycles. The average Bonchev–Trinajstić information content (AvgIpc) is 3.48. The van der Waals surface area contributed by atoms with Crippen molar-refractivity contribution < 1.29 is 4.79 Å². The zero-order valence-electron chi connectivity index (χ0n) is 21.6. The number of para-hydroxylation sites is 1. The molecule has 2 aromatic carbocycles. The van der Waals surface area contributed by atoms with Gasteiger partial charge in [0.05, 0.1) is 16.5 Å². The molecule has 0 radical (unpaired) electrons. The van der Waals surface area contributed by atoms with Crippen LogP contribution in [0.15, 0.2) is 53.7 Å². The minimum Gasteiger partial charge on any atom is -0.351 e. The Hall–Kier alpha value is -3.72. The molecule has 0 spiro atoms. The molecule has 1 unspecified atom stereocenters. The van der Waals surface area contributed by atoms with Crippen molar-refractivity contribution >= 4 is 34.2 Å². The molecule has 2 N–H and O–H groups in total. The molecule has 0 aliphatic rings. The number of benzene rings is 2. The van der Waals surface area contributed by atoms with E-state index < -0.39 is 0 Å². The maximum absolute atomic E-state index is 13.1. The van der Waals surface area contributed by atoms with Crippen LogP contribution in [0.4, 0.5) is 0 Å². The highest BCUT2D eigenvalue weighted by Crippen LogP contribution is 2.28. The Morgan fingerprint density at radius 1 is 1.05 bits per heavy atom. The molecule has 3 heterocycles. The van der Waals surface area contributed by atoms with Crippen LogP contribution in [-0.2, 0) is 24.2 Å². The van der Waals surface area contributed by atoms with Gasteiger partial charge in [-0.05, 0) is 56.9 Å². The predicted molar refractivity (Wildman–Crippen MR) is 147 cm³/mol. The van der Waals surface area contributed by atoms with Crippen molar-refractivity contribution in [1.29, 1.82) is 0 Å². The summed E-state index contributed by atoms with van der Waals surface area (Å²) in [6.07, 6.45) is 2.16. The number of nitrogens with zero attached hydrogens (tertiary/aromatic N) is 5. The third-order valence-corrected chi connectivity index (χ3v) is 7.88. The van der Waals surface area contributed by atoms with E-state index in [0.717, 1.165) is 45.7 Å². The smallest absolute Gasteiger partial charge is 0.233 e. The van der Waals surface area contributed by atoms with Crippen LogP contribution in [0.25, 0.3) is 16.6 Å². The van der Waals surface area contributed by atoms with Gasteiger partial charge in [-0.25, -0.2) is 9.97 Å². The van der Waals surface area contributed by atoms with Gasteiger partial charge in [0.1, 0.15) is 0 Å². The van der Waals surface area contributed by atoms with Crippen molar-refractivity contribution in [2.45, 2.75) is 63.9 Å². The summed E-state index contributed by atoms with van der Waals surface area (Å²) in [5.74, 6) is 0.735. The summed E-state index contributed by atoms with van der Waals surface area (Å²) in [5, 5.41) is 16.6. The van der Waals surface area contributed by atoms with Gasteiger partial charge in [-0.15, -0.1) is 5.10 Å². The number of carbonyl (C=O) groups excluding carboxylic acids is 1. The second kappa shape index (κ2) is 10.7. The molecule has 0 fully saturated rings. The molecule has 37 heavy (non-hydrogen) atoms. The number of carbonyl (C=O) groups is 1. The first-order valence-corrected chi connectivity index (χ1v) is 13.5. The number of nitrogens with one attached hydrogen (secondary N) is 2. The first-order valence-electron chi connectivity index (χ1n) is 12.6. The van der Waals surface area contributed by atoms with Crippen molar-refractivity contribution in [3.8, 4) is 0 Å². The zero-order valence-corrected chi connectivity index (χ0v) is 22.4. The second-order valence-electron chi connectivity index (χ2n) is 9.31. The fourth-order valence-corrected chi connectivity index (χ4v) is 5.38. The summed E-state index contributed by atoms with van der Waals surface area (Å²) in [4.78, 5) is 22.9. The van der Waals surface area contributed by atoms with Gasteiger partial charge in [0.2, 0.25) is 5.91 Å². The van der Waals surface area contributed by atoms with Gasteiger partial charge >= 0.3 is 0 Å². The number of thioether (sulfide) groups is 1. The van der Waals surface area contributed by atoms with Crippen LogP contribution in [0.2, 0.25) is 0 Å². The van der Waals surface area contributed by atoms with E-state index in [9.17, 15) is 4.79 Å². The number of hydrogen-bond acceptors (Lipinski definition) is 6. The topological polar surface area (TPSA) is 101 Å². The Morgan fingerprint density at radius 3 is 2.57 bits per heavy atom. The van der Waals surface area contributed by atoms with E-state index in [0.29, 0.717) is 24.5 Å². The SMILES string of the molecule is CCC(Sc1nc2ccccc2c2nc(CCc3c(C)n[nH]c3C)nn12)C(=O)NCc1ccc(C)cc1. The minimum absolute atomic E-state index is 0.0116. The highest BCUT2D eigenvalue weighted by Gasteiger charge is 2.22. The van der Waals surface area contributed by atoms with E-state index in [2.05, 4.69) is 34.6 Å². The monoisotopic (exact) mass is 513 g/mol. The van der Waals surface area contributed by atoms with Crippen LogP contribution in [0.1, 0.15) is 47.2 Å². The van der Waals surface area contributed by atoms with E-state index in [1.807, 2.05) is 57.2 Å². The predicted octanol–water partition coefficient (Wildman–Crippen LogP) is 4.90. The Bertz CT molecular complexity index is 1540. The molecule has 3 aromatic heterocycles. The number of H-pyrrole nitrogens is 1. The third-order valence-electron chi connectivity index (χ3n) is 6.57. The summed E-state index contributed by atoms with van der Waals surface area (Å²) >= 11 is 1.44. The van der Waals surface area contributed by atoms with Gasteiger partial charge in [-0.2, -0.15) is 9.61 Å². The quantitative estimate of drug-likeness (QED) is 0.215. The Balaban J connectivity index is 1.40. The molecule has 5 aromatic rings. The molecule has 0 aliphatic heterocycles. The standard InChI is InChI=1S/C28H31N7OS/c1-5-24(27(36)29-16-20-12-10-17(2)11-13-20)37-28-30-23-9-7-6-8-22(23)26-31-25(34-35(26)28)15-14-21-18(3)32-33-19(21)4/h6-13,24H,5,14-16H2,1-4H3,(H,29,36)(H,32,33). The van der Waals surface area contributed by atoms with Crippen molar-refractivity contribution in [3.05, 3.63) is 82.4 Å². The molecular weight excluding hydrogens is 482 g/mol. The fraction of sp³-hybridized carbons (Fsp3) is 0.321. The first-order chi connectivity index (χ1) is 17.9. The first kappa shape index (κ1) is 25.0. The molecule has 0 bridgehead atoms. The largest absolute Gasteiger partial charge is 0.351 e. The average molecular weight is 514 g/mol. The van der Waals surface area contributed by atoms with Crippen molar-refractivity contribution in [1.82, 2.24) is 35.1 Å². The molecule has 0 saturated carbocycles. The molecular formula is C28H31N7OS. The van der Waals surface area contributed by atoms with Gasteiger partial charge in [-0.1, -0.05) is 60.6 Å². The molecule has 0 aliphatic carbocycles. The second-order valence-corrected chi connectivity index (χ2v) is 10.5. The maximum Gasteiger partial charge on any atom is 0.233 e. The maximum atomic E-state index is 13.1. The summed E-state index contributed by atoms with van der Waals surface area (Å²) in [5.41, 5.74) is 7.16. The van der Waals surface area contributed by atoms with Crippen LogP contribution in [-0.4, -0.2) is 40.9 Å². The number of rotatable bonds is 9. The van der Waals surface area contributed by atoms with Crippen molar-refractivity contribution in [3.63, 3.8) is 0 Å². The van der Waals surface area contributed by atoms with E-state index in [1.54, 1.807) is 4.52 Å². The van der Waals surface area contributed by atoms with Crippen molar-refractivity contribution in [2.75, 3.05) is 0 Å². The van der Waals surface area contributed by atoms with E-state index in [1.165, 1.54) is 22.9 Å². The normalized spacial score (nSPS) is 12.3. The van der Waals surface area contributed by atoms with Gasteiger partial charge < -0.3 is 5.32 Å². The lowest BCUT2D eigenvalue weighted by Crippen LogP contribution is -2.32. The third kappa shape index (κ3) is 5.36. The molecule has 190 valence electrons. The van der Waals surface area contributed by atoms with Gasteiger partial charge in [0, 0.05) is 24.0 Å². The molecule has 5 rings (SSSR count). The molecule has 1 amide bonds. The van der Waals surface area contributed by atoms with Crippen LogP contribution >= 0.6 is 11.8 Å². The van der Waals surface area contributed by atoms with Gasteiger partial charge in [-0.3, -0.25) is 9.89 Å². The molecule has 1 atom stereocenters. The van der Waals surface area contributed by atoms with Crippen LogP contribution in [0, 0.1) is 20.8 Å². The highest BCUT2D eigenvalue weighted by atomic mass is 32.2. The lowest BCUT2D eigenvalue weighted by Gasteiger charge is -2.15. The van der Waals surface area contributed by atoms with E-state index in [-0.39, 0.29) is 11.2 Å². The zero-order chi connectivity index (χ0) is 25.9. The lowest BCUT2D eigenvalue weighted by atomic mass is 10.1. The number of aromatic amines is 1. The number of hydrogen-bond donors (Lipinski definition) is 2. The lowest BCUT2D eigenvalue weighted by molar-refractivity contribution is -0.120. The number of aryl methyl sites for hydroxylation is 4. The van der Waals surface area contributed by atoms with E-state index in [4.69, 9.17) is 15.1 Å². The fourth-order valence-electron chi connectivity index (χ4n) is 4.39. The van der Waals surface area contributed by atoms with Gasteiger partial charge in [0.25, 0.3) is 0 Å². The Kier molecular flexibility index (Phi) is 7.23. The highest BCUT2D eigenvalue weighted by molar-refractivity contribution is 8.00. The van der Waals surface area contributed by atoms with Gasteiger partial charge in [0.15, 0.2) is 16.6 Å². The number of aromatic nitrogens is 6.